The van der Waals surface area contributed by atoms with Crippen LogP contribution in [-0.2, 0) is 14.3 Å². The Morgan fingerprint density at radius 3 is 2.50 bits per heavy atom. The third-order valence-electron chi connectivity index (χ3n) is 4.50. The van der Waals surface area contributed by atoms with Crippen LogP contribution in [0.1, 0.15) is 42.6 Å². The van der Waals surface area contributed by atoms with Crippen LogP contribution in [0.5, 0.6) is 5.75 Å². The quantitative estimate of drug-likeness (QED) is 0.584. The van der Waals surface area contributed by atoms with Gasteiger partial charge in [0.1, 0.15) is 5.75 Å². The Kier molecular flexibility index (Phi) is 5.42. The molecule has 28 heavy (non-hydrogen) atoms. The zero-order valence-corrected chi connectivity index (χ0v) is 16.5. The number of halogens is 1. The first-order valence-electron chi connectivity index (χ1n) is 8.77. The van der Waals surface area contributed by atoms with Crippen LogP contribution < -0.4 is 10.1 Å². The number of hydrogen-bond donors (Lipinski definition) is 1. The van der Waals surface area contributed by atoms with Crippen LogP contribution in [0, 0.1) is 0 Å². The number of Topliss-reactive ketones (excluding diaryl/α,β-unsaturated/α-hetero) is 1. The molecule has 0 fully saturated rings. The summed E-state index contributed by atoms with van der Waals surface area (Å²) in [4.78, 5) is 36.5. The highest BCUT2D eigenvalue weighted by Gasteiger charge is 2.33. The van der Waals surface area contributed by atoms with Crippen molar-refractivity contribution in [2.75, 3.05) is 11.9 Å². The molecule has 0 radical (unpaired) electrons. The molecule has 1 N–H and O–H groups in total. The van der Waals surface area contributed by atoms with E-state index in [1.807, 2.05) is 0 Å². The maximum absolute atomic E-state index is 12.4. The summed E-state index contributed by atoms with van der Waals surface area (Å²) in [6, 6.07) is 11.5. The van der Waals surface area contributed by atoms with Gasteiger partial charge in [-0.2, -0.15) is 0 Å². The molecule has 1 atom stereocenters. The van der Waals surface area contributed by atoms with E-state index in [1.54, 1.807) is 63.2 Å². The van der Waals surface area contributed by atoms with E-state index in [4.69, 9.17) is 21.1 Å². The minimum atomic E-state index is -1.28. The van der Waals surface area contributed by atoms with Crippen molar-refractivity contribution < 1.29 is 23.9 Å². The second-order valence-corrected chi connectivity index (χ2v) is 7.52. The molecule has 2 aromatic rings. The molecule has 1 heterocycles. The van der Waals surface area contributed by atoms with Gasteiger partial charge in [-0.05, 0) is 68.8 Å². The molecule has 0 saturated heterocycles. The molecule has 1 aliphatic heterocycles. The number of anilines is 1. The predicted molar refractivity (Wildman–Crippen MR) is 105 cm³/mol. The van der Waals surface area contributed by atoms with Gasteiger partial charge in [0.05, 0.1) is 5.92 Å². The number of amides is 1. The van der Waals surface area contributed by atoms with Crippen LogP contribution in [0.25, 0.3) is 0 Å². The lowest BCUT2D eigenvalue weighted by Crippen LogP contribution is -2.40. The molecule has 0 unspecified atom stereocenters. The van der Waals surface area contributed by atoms with Crippen LogP contribution in [-0.4, -0.2) is 29.9 Å². The normalized spacial score (nSPS) is 15.6. The van der Waals surface area contributed by atoms with E-state index in [0.29, 0.717) is 22.0 Å². The van der Waals surface area contributed by atoms with Crippen LogP contribution >= 0.6 is 11.6 Å². The number of rotatable bonds is 6. The van der Waals surface area contributed by atoms with Crippen LogP contribution in [0.2, 0.25) is 5.02 Å². The zero-order valence-electron chi connectivity index (χ0n) is 15.7. The second kappa shape index (κ2) is 7.64. The Morgan fingerprint density at radius 2 is 1.82 bits per heavy atom. The van der Waals surface area contributed by atoms with Crippen molar-refractivity contribution >= 4 is 34.9 Å². The summed E-state index contributed by atoms with van der Waals surface area (Å²) in [5.74, 6) is -0.987. The maximum Gasteiger partial charge on any atom is 0.350 e. The topological polar surface area (TPSA) is 81.7 Å². The summed E-state index contributed by atoms with van der Waals surface area (Å²) >= 11 is 5.83. The molecule has 7 heteroatoms. The standard InChI is InChI=1S/C21H20ClNO5/c1-12-16-10-13(4-9-17(16)23-19(12)25)18(24)11-27-20(26)21(2,3)28-15-7-5-14(22)6-8-15/h4-10,12H,11H2,1-3H3,(H,23,25)/t12-/m0/s1. The van der Waals surface area contributed by atoms with Gasteiger partial charge in [-0.15, -0.1) is 0 Å². The van der Waals surface area contributed by atoms with Crippen molar-refractivity contribution in [3.05, 3.63) is 58.6 Å². The van der Waals surface area contributed by atoms with Gasteiger partial charge in [0.25, 0.3) is 0 Å². The maximum atomic E-state index is 12.4. The molecule has 0 aliphatic carbocycles. The van der Waals surface area contributed by atoms with Crippen molar-refractivity contribution in [3.63, 3.8) is 0 Å². The molecule has 0 aromatic heterocycles. The van der Waals surface area contributed by atoms with Crippen LogP contribution in [0.4, 0.5) is 5.69 Å². The fraction of sp³-hybridized carbons (Fsp3) is 0.286. The first-order chi connectivity index (χ1) is 13.2. The van der Waals surface area contributed by atoms with E-state index in [1.165, 1.54) is 0 Å². The van der Waals surface area contributed by atoms with Gasteiger partial charge < -0.3 is 14.8 Å². The summed E-state index contributed by atoms with van der Waals surface area (Å²) in [6.45, 7) is 4.47. The predicted octanol–water partition coefficient (Wildman–Crippen LogP) is 3.98. The molecule has 0 saturated carbocycles. The van der Waals surface area contributed by atoms with Gasteiger partial charge in [-0.3, -0.25) is 9.59 Å². The number of hydrogen-bond acceptors (Lipinski definition) is 5. The van der Waals surface area contributed by atoms with Crippen molar-refractivity contribution in [1.29, 1.82) is 0 Å². The fourth-order valence-electron chi connectivity index (χ4n) is 2.82. The molecule has 0 bridgehead atoms. The molecular weight excluding hydrogens is 382 g/mol. The lowest BCUT2D eigenvalue weighted by molar-refractivity contribution is -0.158. The van der Waals surface area contributed by atoms with Gasteiger partial charge in [-0.1, -0.05) is 11.6 Å². The average molecular weight is 402 g/mol. The lowest BCUT2D eigenvalue weighted by atomic mass is 9.99. The van der Waals surface area contributed by atoms with Crippen LogP contribution in [0.15, 0.2) is 42.5 Å². The molecule has 3 rings (SSSR count). The summed E-state index contributed by atoms with van der Waals surface area (Å²) in [6.07, 6.45) is 0. The highest BCUT2D eigenvalue weighted by molar-refractivity contribution is 6.30. The minimum absolute atomic E-state index is 0.105. The van der Waals surface area contributed by atoms with E-state index in [9.17, 15) is 14.4 Å². The highest BCUT2D eigenvalue weighted by atomic mass is 35.5. The smallest absolute Gasteiger partial charge is 0.350 e. The Labute approximate surface area is 167 Å². The lowest BCUT2D eigenvalue weighted by Gasteiger charge is -2.24. The summed E-state index contributed by atoms with van der Waals surface area (Å²) in [5.41, 5.74) is 0.556. The molecule has 6 nitrogen and oxygen atoms in total. The molecule has 146 valence electrons. The van der Waals surface area contributed by atoms with Crippen molar-refractivity contribution in [2.24, 2.45) is 0 Å². The van der Waals surface area contributed by atoms with Gasteiger partial charge in [0, 0.05) is 16.3 Å². The molecule has 1 amide bonds. The molecular formula is C21H20ClNO5. The van der Waals surface area contributed by atoms with Crippen molar-refractivity contribution in [2.45, 2.75) is 32.3 Å². The third kappa shape index (κ3) is 4.17. The third-order valence-corrected chi connectivity index (χ3v) is 4.76. The van der Waals surface area contributed by atoms with Crippen molar-refractivity contribution in [3.8, 4) is 5.75 Å². The largest absolute Gasteiger partial charge is 0.476 e. The Bertz CT molecular complexity index is 936. The molecule has 0 spiro atoms. The summed E-state index contributed by atoms with van der Waals surface area (Å²) < 4.78 is 10.8. The highest BCUT2D eigenvalue weighted by Crippen LogP contribution is 2.32. The average Bonchev–Trinajstić information content (AvgIpc) is 2.94. The second-order valence-electron chi connectivity index (χ2n) is 7.08. The Hall–Kier alpha value is -2.86. The van der Waals surface area contributed by atoms with E-state index in [0.717, 1.165) is 5.56 Å². The van der Waals surface area contributed by atoms with Crippen LogP contribution in [0.3, 0.4) is 0 Å². The summed E-state index contributed by atoms with van der Waals surface area (Å²) in [7, 11) is 0. The van der Waals surface area contributed by atoms with Gasteiger partial charge >= 0.3 is 5.97 Å². The van der Waals surface area contributed by atoms with E-state index in [2.05, 4.69) is 5.32 Å². The number of carbonyl (C=O) groups excluding carboxylic acids is 3. The number of fused-ring (bicyclic) bond motifs is 1. The monoisotopic (exact) mass is 401 g/mol. The van der Waals surface area contributed by atoms with E-state index in [-0.39, 0.29) is 17.6 Å². The number of ketones is 1. The van der Waals surface area contributed by atoms with Gasteiger partial charge in [0.15, 0.2) is 18.0 Å². The Morgan fingerprint density at radius 1 is 1.14 bits per heavy atom. The van der Waals surface area contributed by atoms with E-state index >= 15 is 0 Å². The van der Waals surface area contributed by atoms with Gasteiger partial charge in [-0.25, -0.2) is 4.79 Å². The van der Waals surface area contributed by atoms with Gasteiger partial charge in [0.2, 0.25) is 5.91 Å². The zero-order chi connectivity index (χ0) is 20.5. The minimum Gasteiger partial charge on any atom is -0.476 e. The first kappa shape index (κ1) is 19.9. The summed E-state index contributed by atoms with van der Waals surface area (Å²) in [5, 5.41) is 3.30. The number of carbonyl (C=O) groups is 3. The number of nitrogens with one attached hydrogen (secondary N) is 1. The molecule has 2 aromatic carbocycles. The van der Waals surface area contributed by atoms with Crippen molar-refractivity contribution in [1.82, 2.24) is 0 Å². The van der Waals surface area contributed by atoms with E-state index < -0.39 is 18.2 Å². The Balaban J connectivity index is 1.61. The number of benzene rings is 2. The fourth-order valence-corrected chi connectivity index (χ4v) is 2.94. The first-order valence-corrected chi connectivity index (χ1v) is 9.15. The number of ether oxygens (including phenoxy) is 2. The SMILES string of the molecule is C[C@@H]1C(=O)Nc2ccc(C(=O)COC(=O)C(C)(C)Oc3ccc(Cl)cc3)cc21. The number of esters is 1. The molecule has 1 aliphatic rings.